The molecule has 0 unspecified atom stereocenters. The lowest BCUT2D eigenvalue weighted by atomic mass is 9.93. The molecule has 5 aliphatic rings. The van der Waals surface area contributed by atoms with Crippen LogP contribution in [-0.2, 0) is 4.79 Å². The lowest BCUT2D eigenvalue weighted by Crippen LogP contribution is -2.58. The Morgan fingerprint density at radius 1 is 0.897 bits per heavy atom. The van der Waals surface area contributed by atoms with Crippen LogP contribution in [-0.4, -0.2) is 119 Å². The number of ether oxygens (including phenoxy) is 1. The SMILES string of the molecule is N#Cc1ccc(OC2CCC(NC(=O)c3ccc(N4CCC(CN5CCN(c6ccc7c(c6F)C(=O)N(N6CCC(=O)NC6=O)C7=O)CC5)CC4)nn3)CC2)cc1Cl. The van der Waals surface area contributed by atoms with Crippen LogP contribution >= 0.6 is 11.6 Å². The fraction of sp³-hybridized carbons (Fsp3) is 0.450. The van der Waals surface area contributed by atoms with Crippen molar-refractivity contribution in [3.8, 4) is 11.8 Å². The number of nitrogens with one attached hydrogen (secondary N) is 2. The van der Waals surface area contributed by atoms with Gasteiger partial charge in [-0.2, -0.15) is 10.3 Å². The zero-order valence-electron chi connectivity index (χ0n) is 31.7. The maximum atomic E-state index is 15.9. The molecule has 302 valence electrons. The van der Waals surface area contributed by atoms with Crippen LogP contribution in [0.25, 0.3) is 0 Å². The third-order valence-corrected chi connectivity index (χ3v) is 12.0. The molecule has 3 saturated heterocycles. The number of fused-ring (bicyclic) bond motifs is 1. The lowest BCUT2D eigenvalue weighted by molar-refractivity contribution is -0.122. The third kappa shape index (κ3) is 7.98. The van der Waals surface area contributed by atoms with Crippen LogP contribution < -0.4 is 25.2 Å². The summed E-state index contributed by atoms with van der Waals surface area (Å²) in [6.45, 7) is 4.85. The zero-order chi connectivity index (χ0) is 40.5. The minimum absolute atomic E-state index is 0.00422. The fourth-order valence-electron chi connectivity index (χ4n) is 8.41. The van der Waals surface area contributed by atoms with Gasteiger partial charge < -0.3 is 19.9 Å². The first-order valence-electron chi connectivity index (χ1n) is 19.6. The van der Waals surface area contributed by atoms with Gasteiger partial charge in [0, 0.05) is 64.3 Å². The van der Waals surface area contributed by atoms with Crippen molar-refractivity contribution in [1.82, 2.24) is 35.7 Å². The van der Waals surface area contributed by atoms with Crippen LogP contribution in [0.4, 0.5) is 20.7 Å². The van der Waals surface area contributed by atoms with Gasteiger partial charge in [0.15, 0.2) is 17.3 Å². The summed E-state index contributed by atoms with van der Waals surface area (Å²) in [5.74, 6) is -1.45. The summed E-state index contributed by atoms with van der Waals surface area (Å²) in [6.07, 6.45) is 4.93. The van der Waals surface area contributed by atoms with E-state index in [9.17, 15) is 24.0 Å². The number of hydrazine groups is 1. The van der Waals surface area contributed by atoms with Gasteiger partial charge in [-0.25, -0.2) is 14.2 Å². The Morgan fingerprint density at radius 3 is 2.33 bits per heavy atom. The van der Waals surface area contributed by atoms with Gasteiger partial charge >= 0.3 is 6.03 Å². The van der Waals surface area contributed by atoms with E-state index in [0.717, 1.165) is 69.0 Å². The number of hydrogen-bond acceptors (Lipinski definition) is 12. The quantitative estimate of drug-likeness (QED) is 0.299. The molecule has 0 radical (unpaired) electrons. The summed E-state index contributed by atoms with van der Waals surface area (Å²) < 4.78 is 22.0. The predicted molar refractivity (Wildman–Crippen MR) is 208 cm³/mol. The standard InChI is InChI=1S/C40H42ClFN10O6/c41-30-21-28(4-1-25(30)22-43)58-27-5-2-26(3-6-27)44-37(54)31-8-10-33(47-46-31)50-14-11-24(12-15-50)23-48-17-19-49(20-18-48)32-9-7-29-35(36(32)42)39(56)52(38(29)55)51-16-13-34(53)45-40(51)57/h1,4,7-10,21,24,26-27H,2-3,5-6,11-20,23H2,(H,44,54)(H,45,53,57). The Bertz CT molecular complexity index is 2160. The van der Waals surface area contributed by atoms with Crippen molar-refractivity contribution in [3.05, 3.63) is 75.7 Å². The Balaban J connectivity index is 0.764. The van der Waals surface area contributed by atoms with Gasteiger partial charge in [0.25, 0.3) is 17.7 Å². The number of rotatable bonds is 9. The first-order valence-corrected chi connectivity index (χ1v) is 20.0. The van der Waals surface area contributed by atoms with Crippen molar-refractivity contribution in [1.29, 1.82) is 5.26 Å². The van der Waals surface area contributed by atoms with Gasteiger partial charge in [0.05, 0.1) is 40.0 Å². The highest BCUT2D eigenvalue weighted by Gasteiger charge is 2.45. The van der Waals surface area contributed by atoms with Crippen molar-refractivity contribution < 1.29 is 33.1 Å². The van der Waals surface area contributed by atoms with E-state index in [2.05, 4.69) is 30.6 Å². The van der Waals surface area contributed by atoms with Crippen molar-refractivity contribution >= 4 is 52.8 Å². The number of piperidine rings is 1. The van der Waals surface area contributed by atoms with Crippen LogP contribution in [0.1, 0.15) is 81.7 Å². The monoisotopic (exact) mass is 812 g/mol. The highest BCUT2D eigenvalue weighted by atomic mass is 35.5. The van der Waals surface area contributed by atoms with Gasteiger partial charge in [-0.15, -0.1) is 10.2 Å². The van der Waals surface area contributed by atoms with Crippen LogP contribution in [0.2, 0.25) is 5.02 Å². The van der Waals surface area contributed by atoms with Crippen molar-refractivity contribution in [3.63, 3.8) is 0 Å². The van der Waals surface area contributed by atoms with Gasteiger partial charge in [-0.1, -0.05) is 11.6 Å². The molecule has 4 fully saturated rings. The van der Waals surface area contributed by atoms with E-state index in [1.807, 2.05) is 17.0 Å². The van der Waals surface area contributed by atoms with Crippen molar-refractivity contribution in [2.24, 2.45) is 5.92 Å². The second-order valence-electron chi connectivity index (χ2n) is 15.3. The molecule has 3 aromatic rings. The number of aromatic nitrogens is 2. The molecule has 0 atom stereocenters. The second kappa shape index (κ2) is 16.5. The Labute approximate surface area is 338 Å². The van der Waals surface area contributed by atoms with Gasteiger partial charge in [-0.05, 0) is 80.8 Å². The van der Waals surface area contributed by atoms with Gasteiger partial charge in [0.1, 0.15) is 11.8 Å². The lowest BCUT2D eigenvalue weighted by Gasteiger charge is -2.40. The number of urea groups is 1. The number of halogens is 2. The summed E-state index contributed by atoms with van der Waals surface area (Å²) in [4.78, 5) is 69.6. The van der Waals surface area contributed by atoms with E-state index in [1.54, 1.807) is 24.3 Å². The fourth-order valence-corrected chi connectivity index (χ4v) is 8.62. The summed E-state index contributed by atoms with van der Waals surface area (Å²) in [5, 5.41) is 24.7. The van der Waals surface area contributed by atoms with Gasteiger partial charge in [0.2, 0.25) is 5.91 Å². The smallest absolute Gasteiger partial charge is 0.343 e. The summed E-state index contributed by atoms with van der Waals surface area (Å²) >= 11 is 6.14. The third-order valence-electron chi connectivity index (χ3n) is 11.6. The number of carbonyl (C=O) groups is 5. The highest BCUT2D eigenvalue weighted by molar-refractivity contribution is 6.31. The number of nitrogens with zero attached hydrogens (tertiary/aromatic N) is 8. The zero-order valence-corrected chi connectivity index (χ0v) is 32.4. The number of hydrogen-bond donors (Lipinski definition) is 2. The van der Waals surface area contributed by atoms with E-state index < -0.39 is 29.6 Å². The molecule has 58 heavy (non-hydrogen) atoms. The molecule has 0 spiro atoms. The number of benzene rings is 2. The first-order chi connectivity index (χ1) is 28.1. The average Bonchev–Trinajstić information content (AvgIpc) is 3.48. The van der Waals surface area contributed by atoms with Crippen LogP contribution in [0.3, 0.4) is 0 Å². The van der Waals surface area contributed by atoms with Gasteiger partial charge in [-0.3, -0.25) is 29.4 Å². The first kappa shape index (κ1) is 39.0. The molecule has 4 aliphatic heterocycles. The molecule has 16 nitrogen and oxygen atoms in total. The molecular weight excluding hydrogens is 771 g/mol. The molecule has 6 amide bonds. The van der Waals surface area contributed by atoms with E-state index in [0.29, 0.717) is 53.4 Å². The Morgan fingerprint density at radius 2 is 1.66 bits per heavy atom. The Kier molecular flexibility index (Phi) is 11.1. The minimum Gasteiger partial charge on any atom is -0.490 e. The second-order valence-corrected chi connectivity index (χ2v) is 15.7. The Hall–Kier alpha value is -5.86. The predicted octanol–water partition coefficient (Wildman–Crippen LogP) is 3.75. The minimum atomic E-state index is -0.924. The number of carbonyl (C=O) groups excluding carboxylic acids is 5. The van der Waals surface area contributed by atoms with E-state index in [1.165, 1.54) is 12.1 Å². The normalized spacial score (nSPS) is 21.8. The molecule has 8 rings (SSSR count). The largest absolute Gasteiger partial charge is 0.490 e. The highest BCUT2D eigenvalue weighted by Crippen LogP contribution is 2.34. The molecule has 5 heterocycles. The maximum Gasteiger partial charge on any atom is 0.343 e. The number of amides is 6. The molecular formula is C40H42ClFN10O6. The maximum absolute atomic E-state index is 15.9. The molecule has 2 aromatic carbocycles. The number of anilines is 2. The molecule has 1 saturated carbocycles. The summed E-state index contributed by atoms with van der Waals surface area (Å²) in [7, 11) is 0. The molecule has 18 heteroatoms. The van der Waals surface area contributed by atoms with Crippen LogP contribution in [0, 0.1) is 23.1 Å². The van der Waals surface area contributed by atoms with E-state index >= 15 is 4.39 Å². The van der Waals surface area contributed by atoms with E-state index in [4.69, 9.17) is 21.6 Å². The number of nitriles is 1. The number of piperazine rings is 1. The molecule has 1 aromatic heterocycles. The van der Waals surface area contributed by atoms with Crippen molar-refractivity contribution in [2.75, 3.05) is 62.2 Å². The average molecular weight is 813 g/mol. The van der Waals surface area contributed by atoms with Crippen molar-refractivity contribution in [2.45, 2.75) is 57.1 Å². The van der Waals surface area contributed by atoms with Crippen LogP contribution in [0.5, 0.6) is 5.75 Å². The van der Waals surface area contributed by atoms with E-state index in [-0.39, 0.29) is 53.5 Å². The summed E-state index contributed by atoms with van der Waals surface area (Å²) in [5.41, 5.74) is 0.439. The molecule has 2 N–H and O–H groups in total. The molecule has 0 bridgehead atoms. The number of imide groups is 2. The topological polar surface area (TPSA) is 184 Å². The summed E-state index contributed by atoms with van der Waals surface area (Å²) in [6, 6.07) is 12.7. The van der Waals surface area contributed by atoms with Crippen LogP contribution in [0.15, 0.2) is 42.5 Å². The molecule has 1 aliphatic carbocycles.